The number of halogens is 2. The van der Waals surface area contributed by atoms with Crippen LogP contribution in [0, 0.1) is 19.7 Å². The molecule has 0 saturated carbocycles. The van der Waals surface area contributed by atoms with Crippen LogP contribution in [0.25, 0.3) is 11.5 Å². The molecule has 3 aromatic rings. The fourth-order valence-corrected chi connectivity index (χ4v) is 4.07. The summed E-state index contributed by atoms with van der Waals surface area (Å²) in [5.41, 5.74) is 2.63. The van der Waals surface area contributed by atoms with Gasteiger partial charge in [-0.1, -0.05) is 16.4 Å². The highest BCUT2D eigenvalue weighted by Crippen LogP contribution is 2.25. The molecular formula is C20H23BrFN5O2. The van der Waals surface area contributed by atoms with Crippen LogP contribution in [-0.4, -0.2) is 51.3 Å². The van der Waals surface area contributed by atoms with E-state index in [9.17, 15) is 4.39 Å². The molecule has 3 heterocycles. The minimum Gasteiger partial charge on any atom is -0.361 e. The first-order valence-corrected chi connectivity index (χ1v) is 10.4. The SMILES string of the molecule is Cc1noc(C)c1-c1nc(CN2CCCN(Cc3ccc(F)c(Br)c3)CC2)no1. The van der Waals surface area contributed by atoms with Crippen LogP contribution in [0.1, 0.15) is 29.3 Å². The van der Waals surface area contributed by atoms with Crippen LogP contribution in [0.3, 0.4) is 0 Å². The molecule has 1 aromatic carbocycles. The second kappa shape index (κ2) is 8.73. The molecular weight excluding hydrogens is 441 g/mol. The van der Waals surface area contributed by atoms with E-state index in [0.29, 0.717) is 28.5 Å². The predicted octanol–water partition coefficient (Wildman–Crippen LogP) is 3.95. The topological polar surface area (TPSA) is 71.4 Å². The quantitative estimate of drug-likeness (QED) is 0.566. The smallest absolute Gasteiger partial charge is 0.263 e. The van der Waals surface area contributed by atoms with Crippen LogP contribution in [0.5, 0.6) is 0 Å². The number of aryl methyl sites for hydroxylation is 2. The van der Waals surface area contributed by atoms with Crippen molar-refractivity contribution < 1.29 is 13.4 Å². The summed E-state index contributed by atoms with van der Waals surface area (Å²) < 4.78 is 24.6. The van der Waals surface area contributed by atoms with E-state index in [1.165, 1.54) is 6.07 Å². The van der Waals surface area contributed by atoms with Crippen molar-refractivity contribution in [2.75, 3.05) is 26.2 Å². The zero-order valence-corrected chi connectivity index (χ0v) is 18.1. The molecule has 1 fully saturated rings. The van der Waals surface area contributed by atoms with Gasteiger partial charge in [0.15, 0.2) is 5.82 Å². The zero-order chi connectivity index (χ0) is 20.4. The fraction of sp³-hybridized carbons (Fsp3) is 0.450. The van der Waals surface area contributed by atoms with Crippen LogP contribution < -0.4 is 0 Å². The molecule has 0 spiro atoms. The lowest BCUT2D eigenvalue weighted by molar-refractivity contribution is 0.241. The first kappa shape index (κ1) is 20.2. The number of aromatic nitrogens is 3. The molecule has 0 atom stereocenters. The van der Waals surface area contributed by atoms with Crippen molar-refractivity contribution in [1.82, 2.24) is 25.1 Å². The molecule has 1 aliphatic rings. The van der Waals surface area contributed by atoms with Gasteiger partial charge in [0.05, 0.1) is 16.7 Å². The molecule has 0 N–H and O–H groups in total. The first-order chi connectivity index (χ1) is 14.0. The van der Waals surface area contributed by atoms with Crippen molar-refractivity contribution in [2.45, 2.75) is 33.4 Å². The summed E-state index contributed by atoms with van der Waals surface area (Å²) in [6.45, 7) is 8.97. The minimum absolute atomic E-state index is 0.230. The van der Waals surface area contributed by atoms with Gasteiger partial charge in [-0.25, -0.2) is 4.39 Å². The number of hydrogen-bond acceptors (Lipinski definition) is 7. The first-order valence-electron chi connectivity index (χ1n) is 9.64. The van der Waals surface area contributed by atoms with Crippen LogP contribution in [0.2, 0.25) is 0 Å². The molecule has 0 unspecified atom stereocenters. The maximum absolute atomic E-state index is 13.4. The van der Waals surface area contributed by atoms with Crippen LogP contribution in [0.4, 0.5) is 4.39 Å². The monoisotopic (exact) mass is 463 g/mol. The molecule has 2 aromatic heterocycles. The van der Waals surface area contributed by atoms with E-state index in [1.807, 2.05) is 26.0 Å². The van der Waals surface area contributed by atoms with Gasteiger partial charge in [0, 0.05) is 19.6 Å². The van der Waals surface area contributed by atoms with Crippen molar-refractivity contribution in [2.24, 2.45) is 0 Å². The van der Waals surface area contributed by atoms with E-state index in [2.05, 4.69) is 41.0 Å². The average molecular weight is 464 g/mol. The Labute approximate surface area is 177 Å². The van der Waals surface area contributed by atoms with Gasteiger partial charge < -0.3 is 9.05 Å². The maximum Gasteiger partial charge on any atom is 0.263 e. The summed E-state index contributed by atoms with van der Waals surface area (Å²) in [7, 11) is 0. The molecule has 1 saturated heterocycles. The van der Waals surface area contributed by atoms with E-state index in [1.54, 1.807) is 0 Å². The van der Waals surface area contributed by atoms with Gasteiger partial charge in [-0.2, -0.15) is 4.98 Å². The predicted molar refractivity (Wildman–Crippen MR) is 109 cm³/mol. The number of rotatable bonds is 5. The maximum atomic E-state index is 13.4. The Morgan fingerprint density at radius 1 is 1.03 bits per heavy atom. The number of hydrogen-bond donors (Lipinski definition) is 0. The normalized spacial score (nSPS) is 16.3. The molecule has 29 heavy (non-hydrogen) atoms. The summed E-state index contributed by atoms with van der Waals surface area (Å²) >= 11 is 3.26. The molecule has 0 radical (unpaired) electrons. The average Bonchev–Trinajstić information content (AvgIpc) is 3.20. The Morgan fingerprint density at radius 3 is 2.48 bits per heavy atom. The second-order valence-electron chi connectivity index (χ2n) is 7.37. The molecule has 0 bridgehead atoms. The molecule has 154 valence electrons. The third kappa shape index (κ3) is 4.73. The highest BCUT2D eigenvalue weighted by atomic mass is 79.9. The Kier molecular flexibility index (Phi) is 6.07. The lowest BCUT2D eigenvalue weighted by Gasteiger charge is -2.21. The standard InChI is InChI=1S/C20H23BrFN5O2/c1-13-19(14(2)28-24-13)20-23-18(25-29-20)12-27-7-3-6-26(8-9-27)11-15-4-5-17(22)16(21)10-15/h4-5,10H,3,6-9,11-12H2,1-2H3. The minimum atomic E-state index is -0.230. The van der Waals surface area contributed by atoms with Gasteiger partial charge in [-0.05, 0) is 67.0 Å². The van der Waals surface area contributed by atoms with Gasteiger partial charge in [0.25, 0.3) is 5.89 Å². The third-order valence-corrected chi connectivity index (χ3v) is 5.76. The number of nitrogens with zero attached hydrogens (tertiary/aromatic N) is 5. The third-order valence-electron chi connectivity index (χ3n) is 5.15. The van der Waals surface area contributed by atoms with Crippen molar-refractivity contribution in [1.29, 1.82) is 0 Å². The lowest BCUT2D eigenvalue weighted by Crippen LogP contribution is -2.30. The lowest BCUT2D eigenvalue weighted by atomic mass is 10.2. The molecule has 0 aliphatic carbocycles. The summed E-state index contributed by atoms with van der Waals surface area (Å²) in [4.78, 5) is 9.26. The molecule has 0 amide bonds. The summed E-state index contributed by atoms with van der Waals surface area (Å²) in [6.07, 6.45) is 1.05. The second-order valence-corrected chi connectivity index (χ2v) is 8.22. The van der Waals surface area contributed by atoms with Crippen molar-refractivity contribution in [3.8, 4) is 11.5 Å². The molecule has 1 aliphatic heterocycles. The van der Waals surface area contributed by atoms with Gasteiger partial charge in [0.2, 0.25) is 0 Å². The summed E-state index contributed by atoms with van der Waals surface area (Å²) in [5.74, 6) is 1.56. The molecule has 7 nitrogen and oxygen atoms in total. The Balaban J connectivity index is 1.35. The van der Waals surface area contributed by atoms with E-state index >= 15 is 0 Å². The Hall–Kier alpha value is -2.10. The zero-order valence-electron chi connectivity index (χ0n) is 16.5. The van der Waals surface area contributed by atoms with E-state index in [0.717, 1.165) is 56.0 Å². The van der Waals surface area contributed by atoms with E-state index in [-0.39, 0.29) is 5.82 Å². The highest BCUT2D eigenvalue weighted by Gasteiger charge is 2.21. The fourth-order valence-electron chi connectivity index (χ4n) is 3.64. The van der Waals surface area contributed by atoms with Gasteiger partial charge in [-0.3, -0.25) is 9.80 Å². The summed E-state index contributed by atoms with van der Waals surface area (Å²) in [5, 5.41) is 8.07. The van der Waals surface area contributed by atoms with Crippen LogP contribution >= 0.6 is 15.9 Å². The molecule has 9 heteroatoms. The molecule has 4 rings (SSSR count). The Bertz CT molecular complexity index is 970. The van der Waals surface area contributed by atoms with Crippen molar-refractivity contribution >= 4 is 15.9 Å². The largest absolute Gasteiger partial charge is 0.361 e. The van der Waals surface area contributed by atoms with Gasteiger partial charge in [0.1, 0.15) is 17.1 Å². The van der Waals surface area contributed by atoms with Crippen LogP contribution in [0.15, 0.2) is 31.7 Å². The van der Waals surface area contributed by atoms with Gasteiger partial charge in [-0.15, -0.1) is 0 Å². The van der Waals surface area contributed by atoms with E-state index < -0.39 is 0 Å². The number of benzene rings is 1. The van der Waals surface area contributed by atoms with Gasteiger partial charge >= 0.3 is 0 Å². The van der Waals surface area contributed by atoms with Crippen molar-refractivity contribution in [3.05, 3.63) is 51.3 Å². The van der Waals surface area contributed by atoms with Crippen molar-refractivity contribution in [3.63, 3.8) is 0 Å². The Morgan fingerprint density at radius 2 is 1.79 bits per heavy atom. The summed E-state index contributed by atoms with van der Waals surface area (Å²) in [6, 6.07) is 5.21. The highest BCUT2D eigenvalue weighted by molar-refractivity contribution is 9.10. The van der Waals surface area contributed by atoms with Crippen LogP contribution in [-0.2, 0) is 13.1 Å². The van der Waals surface area contributed by atoms with E-state index in [4.69, 9.17) is 9.05 Å².